The van der Waals surface area contributed by atoms with Crippen LogP contribution in [0, 0.1) is 5.92 Å². The van der Waals surface area contributed by atoms with Crippen LogP contribution >= 0.6 is 0 Å². The highest BCUT2D eigenvalue weighted by Gasteiger charge is 2.51. The molecule has 9 heteroatoms. The second kappa shape index (κ2) is 14.8. The van der Waals surface area contributed by atoms with Crippen molar-refractivity contribution in [2.45, 2.75) is 129 Å². The molecular weight excluding hydrogens is 514 g/mol. The Morgan fingerprint density at radius 2 is 1.49 bits per heavy atom. The van der Waals surface area contributed by atoms with Crippen LogP contribution < -0.4 is 5.32 Å². The summed E-state index contributed by atoms with van der Waals surface area (Å²) in [6, 6.07) is 8.01. The molecule has 1 fully saturated rings. The molecule has 0 bridgehead atoms. The summed E-state index contributed by atoms with van der Waals surface area (Å²) in [4.78, 5) is 39.6. The van der Waals surface area contributed by atoms with Crippen molar-refractivity contribution in [1.29, 1.82) is 0 Å². The Hall–Kier alpha value is -2.39. The van der Waals surface area contributed by atoms with E-state index < -0.39 is 56.6 Å². The molecule has 0 saturated carbocycles. The van der Waals surface area contributed by atoms with Gasteiger partial charge in [-0.05, 0) is 42.5 Å². The Labute approximate surface area is 235 Å². The van der Waals surface area contributed by atoms with E-state index in [1.54, 1.807) is 13.8 Å². The molecule has 1 amide bonds. The molecule has 8 nitrogen and oxygen atoms in total. The third-order valence-electron chi connectivity index (χ3n) is 7.89. The topological polar surface area (TPSA) is 100 Å². The molecular formula is C30H49NO7Si. The summed E-state index contributed by atoms with van der Waals surface area (Å²) < 4.78 is 24.1. The fourth-order valence-electron chi connectivity index (χ4n) is 5.91. The largest absolute Gasteiger partial charge is 0.460 e. The minimum Gasteiger partial charge on any atom is -0.460 e. The minimum atomic E-state index is -2.44. The molecule has 39 heavy (non-hydrogen) atoms. The SMILES string of the molecule is CCCC[C@@H]1C(=O)O[C@@H](C)[C@@H](NC(=O)OCc2ccccc2)C(=O)OC(C)[C@H]1O[Si](C(C)C)(C(C)C)C(C)C. The van der Waals surface area contributed by atoms with Crippen molar-refractivity contribution < 1.29 is 33.0 Å². The molecule has 1 saturated heterocycles. The van der Waals surface area contributed by atoms with Gasteiger partial charge in [0.2, 0.25) is 8.32 Å². The van der Waals surface area contributed by atoms with Crippen molar-refractivity contribution in [3.63, 3.8) is 0 Å². The van der Waals surface area contributed by atoms with Gasteiger partial charge < -0.3 is 24.0 Å². The lowest BCUT2D eigenvalue weighted by Crippen LogP contribution is -2.55. The number of hydrogen-bond acceptors (Lipinski definition) is 7. The molecule has 220 valence electrons. The summed E-state index contributed by atoms with van der Waals surface area (Å²) in [6.45, 7) is 18.6. The molecule has 1 aromatic rings. The van der Waals surface area contributed by atoms with Gasteiger partial charge >= 0.3 is 18.0 Å². The predicted octanol–water partition coefficient (Wildman–Crippen LogP) is 6.53. The van der Waals surface area contributed by atoms with Gasteiger partial charge in [-0.2, -0.15) is 0 Å². The van der Waals surface area contributed by atoms with Gasteiger partial charge in [-0.3, -0.25) is 4.79 Å². The summed E-state index contributed by atoms with van der Waals surface area (Å²) >= 11 is 0. The molecule has 0 aromatic heterocycles. The highest BCUT2D eigenvalue weighted by molar-refractivity contribution is 6.77. The molecule has 0 radical (unpaired) electrons. The number of ether oxygens (including phenoxy) is 3. The molecule has 1 aliphatic heterocycles. The van der Waals surface area contributed by atoms with E-state index >= 15 is 0 Å². The van der Waals surface area contributed by atoms with Crippen molar-refractivity contribution >= 4 is 26.3 Å². The molecule has 1 aliphatic rings. The van der Waals surface area contributed by atoms with E-state index in [4.69, 9.17) is 18.6 Å². The maximum Gasteiger partial charge on any atom is 0.408 e. The quantitative estimate of drug-likeness (QED) is 0.186. The van der Waals surface area contributed by atoms with E-state index in [0.29, 0.717) is 6.42 Å². The van der Waals surface area contributed by atoms with Crippen LogP contribution in [0.3, 0.4) is 0 Å². The van der Waals surface area contributed by atoms with Gasteiger partial charge in [0.25, 0.3) is 0 Å². The first-order valence-electron chi connectivity index (χ1n) is 14.4. The first-order chi connectivity index (χ1) is 18.3. The van der Waals surface area contributed by atoms with E-state index in [9.17, 15) is 14.4 Å². The molecule has 0 aliphatic carbocycles. The smallest absolute Gasteiger partial charge is 0.408 e. The number of amides is 1. The predicted molar refractivity (Wildman–Crippen MR) is 154 cm³/mol. The van der Waals surface area contributed by atoms with Gasteiger partial charge in [0.15, 0.2) is 6.04 Å². The van der Waals surface area contributed by atoms with E-state index in [1.165, 1.54) is 0 Å². The van der Waals surface area contributed by atoms with Gasteiger partial charge in [0.1, 0.15) is 18.8 Å². The second-order valence-corrected chi connectivity index (χ2v) is 17.0. The summed E-state index contributed by atoms with van der Waals surface area (Å²) in [6.07, 6.45) is -0.846. The van der Waals surface area contributed by atoms with Crippen molar-refractivity contribution in [3.05, 3.63) is 35.9 Å². The number of alkyl carbamates (subject to hydrolysis) is 1. The Kier molecular flexibility index (Phi) is 12.5. The molecule has 1 aromatic carbocycles. The summed E-state index contributed by atoms with van der Waals surface area (Å²) in [5, 5.41) is 2.56. The second-order valence-electron chi connectivity index (χ2n) is 11.6. The first-order valence-corrected chi connectivity index (χ1v) is 16.5. The number of rotatable bonds is 11. The summed E-state index contributed by atoms with van der Waals surface area (Å²) in [7, 11) is -2.44. The van der Waals surface area contributed by atoms with Crippen LogP contribution in [0.15, 0.2) is 30.3 Å². The number of benzene rings is 1. The average molecular weight is 564 g/mol. The van der Waals surface area contributed by atoms with Crippen molar-refractivity contribution in [1.82, 2.24) is 5.32 Å². The minimum absolute atomic E-state index is 0.0420. The van der Waals surface area contributed by atoms with Gasteiger partial charge in [-0.1, -0.05) is 91.6 Å². The number of hydrogen-bond donors (Lipinski definition) is 1. The van der Waals surface area contributed by atoms with Gasteiger partial charge in [0, 0.05) is 0 Å². The van der Waals surface area contributed by atoms with Gasteiger partial charge in [0.05, 0.1) is 12.0 Å². The van der Waals surface area contributed by atoms with Crippen LogP contribution in [-0.4, -0.2) is 50.7 Å². The number of esters is 2. The lowest BCUT2D eigenvalue weighted by molar-refractivity contribution is -0.159. The fraction of sp³-hybridized carbons (Fsp3) is 0.700. The van der Waals surface area contributed by atoms with Crippen LogP contribution in [0.25, 0.3) is 0 Å². The number of nitrogens with one attached hydrogen (secondary N) is 1. The lowest BCUT2D eigenvalue weighted by atomic mass is 9.93. The number of carbonyl (C=O) groups excluding carboxylic acids is 3. The zero-order valence-electron chi connectivity index (χ0n) is 25.2. The van der Waals surface area contributed by atoms with Gasteiger partial charge in [-0.15, -0.1) is 0 Å². The van der Waals surface area contributed by atoms with Gasteiger partial charge in [-0.25, -0.2) is 9.59 Å². The van der Waals surface area contributed by atoms with Crippen molar-refractivity contribution in [3.8, 4) is 0 Å². The Morgan fingerprint density at radius 1 is 0.923 bits per heavy atom. The Bertz CT molecular complexity index is 915. The highest BCUT2D eigenvalue weighted by Crippen LogP contribution is 2.45. The monoisotopic (exact) mass is 563 g/mol. The van der Waals surface area contributed by atoms with Crippen LogP contribution in [0.1, 0.15) is 87.1 Å². The first kappa shape index (κ1) is 32.8. The molecule has 1 N–H and O–H groups in total. The standard InChI is InChI=1S/C30H49NO7Si/c1-10-11-17-25-27(38-39(19(2)3,20(4)5)21(6)7)23(9)37-29(33)26(22(8)36-28(25)32)31-30(34)35-18-24-15-13-12-14-16-24/h12-16,19-23,25-27H,10-11,17-18H2,1-9H3,(H,31,34)/t22-,23?,25-,26+,27+/m0/s1. The fourth-order valence-corrected chi connectivity index (χ4v) is 11.6. The van der Waals surface area contributed by atoms with Crippen LogP contribution in [-0.2, 0) is 34.8 Å². The molecule has 0 spiro atoms. The molecule has 5 atom stereocenters. The number of carbonyl (C=O) groups is 3. The Balaban J connectivity index is 2.35. The zero-order chi connectivity index (χ0) is 29.3. The van der Waals surface area contributed by atoms with Crippen LogP contribution in [0.5, 0.6) is 0 Å². The third-order valence-corrected chi connectivity index (χ3v) is 14.0. The van der Waals surface area contributed by atoms with Crippen molar-refractivity contribution in [2.24, 2.45) is 5.92 Å². The van der Waals surface area contributed by atoms with E-state index in [2.05, 4.69) is 53.8 Å². The van der Waals surface area contributed by atoms with Crippen molar-refractivity contribution in [2.75, 3.05) is 0 Å². The number of cyclic esters (lactones) is 2. The molecule has 2 rings (SSSR count). The van der Waals surface area contributed by atoms with E-state index in [0.717, 1.165) is 18.4 Å². The maximum atomic E-state index is 13.6. The molecule has 1 unspecified atom stereocenters. The lowest BCUT2D eigenvalue weighted by Gasteiger charge is -2.46. The third kappa shape index (κ3) is 8.30. The summed E-state index contributed by atoms with van der Waals surface area (Å²) in [5.41, 5.74) is 1.65. The van der Waals surface area contributed by atoms with Crippen LogP contribution in [0.4, 0.5) is 4.79 Å². The number of unbranched alkanes of at least 4 members (excludes halogenated alkanes) is 1. The van der Waals surface area contributed by atoms with E-state index in [1.807, 2.05) is 30.3 Å². The zero-order valence-corrected chi connectivity index (χ0v) is 26.2. The molecule has 1 heterocycles. The summed E-state index contributed by atoms with van der Waals surface area (Å²) in [5.74, 6) is -1.72. The maximum absolute atomic E-state index is 13.6. The highest BCUT2D eigenvalue weighted by atomic mass is 28.4. The average Bonchev–Trinajstić information content (AvgIpc) is 2.89. The van der Waals surface area contributed by atoms with Crippen LogP contribution in [0.2, 0.25) is 16.6 Å². The Morgan fingerprint density at radius 3 is 2.03 bits per heavy atom. The van der Waals surface area contributed by atoms with E-state index in [-0.39, 0.29) is 23.2 Å². The normalized spacial score (nSPS) is 24.6.